The van der Waals surface area contributed by atoms with Crippen LogP contribution < -0.4 is 15.5 Å². The Hall–Kier alpha value is -0.150. The monoisotopic (exact) mass is 512 g/mol. The van der Waals surface area contributed by atoms with Gasteiger partial charge in [0.1, 0.15) is 0 Å². The number of hydrogen-bond donors (Lipinski definition) is 2. The lowest BCUT2D eigenvalue weighted by atomic mass is 10.3. The standard InChI is InChI=1S/C16H25BrN4S.HI/c1-3-18-16(19-9-11-22-2)20-13-8-10-21(12-13)15-7-5-4-6-14(15)17;/h4-7,13H,3,8-12H2,1-2H3,(H2,18,19,20);1H. The van der Waals surface area contributed by atoms with E-state index in [-0.39, 0.29) is 24.0 Å². The molecule has 7 heteroatoms. The maximum Gasteiger partial charge on any atom is 0.191 e. The van der Waals surface area contributed by atoms with Crippen LogP contribution in [-0.2, 0) is 0 Å². The molecule has 23 heavy (non-hydrogen) atoms. The summed E-state index contributed by atoms with van der Waals surface area (Å²) >= 11 is 5.47. The molecular formula is C16H26BrIN4S. The van der Waals surface area contributed by atoms with Crippen molar-refractivity contribution in [1.82, 2.24) is 10.6 Å². The summed E-state index contributed by atoms with van der Waals surface area (Å²) in [6.45, 7) is 5.94. The minimum Gasteiger partial charge on any atom is -0.368 e. The van der Waals surface area contributed by atoms with Gasteiger partial charge in [0, 0.05) is 35.9 Å². The molecule has 0 radical (unpaired) electrons. The van der Waals surface area contributed by atoms with Gasteiger partial charge < -0.3 is 15.5 Å². The van der Waals surface area contributed by atoms with Crippen LogP contribution in [0.1, 0.15) is 13.3 Å². The molecule has 1 heterocycles. The maximum atomic E-state index is 4.63. The van der Waals surface area contributed by atoms with E-state index in [2.05, 4.69) is 73.9 Å². The number of aliphatic imine (C=N–C) groups is 1. The predicted octanol–water partition coefficient (Wildman–Crippen LogP) is 3.56. The molecule has 2 N–H and O–H groups in total. The Morgan fingerprint density at radius 2 is 2.22 bits per heavy atom. The first-order valence-corrected chi connectivity index (χ1v) is 9.96. The summed E-state index contributed by atoms with van der Waals surface area (Å²) in [5, 5.41) is 6.90. The Morgan fingerprint density at radius 1 is 1.43 bits per heavy atom. The van der Waals surface area contributed by atoms with Gasteiger partial charge in [0.2, 0.25) is 0 Å². The predicted molar refractivity (Wildman–Crippen MR) is 118 cm³/mol. The number of para-hydroxylation sites is 1. The van der Waals surface area contributed by atoms with E-state index < -0.39 is 0 Å². The SMILES string of the molecule is CCNC(=NCCSC)NC1CCN(c2ccccc2Br)C1.I. The van der Waals surface area contributed by atoms with Crippen molar-refractivity contribution in [3.63, 3.8) is 0 Å². The molecule has 0 saturated carbocycles. The van der Waals surface area contributed by atoms with Gasteiger partial charge in [-0.1, -0.05) is 12.1 Å². The number of hydrogen-bond acceptors (Lipinski definition) is 3. The molecular weight excluding hydrogens is 487 g/mol. The second-order valence-corrected chi connectivity index (χ2v) is 7.12. The van der Waals surface area contributed by atoms with Crippen LogP contribution >= 0.6 is 51.7 Å². The molecule has 1 atom stereocenters. The van der Waals surface area contributed by atoms with Crippen LogP contribution in [-0.4, -0.2) is 50.2 Å². The fraction of sp³-hybridized carbons (Fsp3) is 0.562. The Morgan fingerprint density at radius 3 is 2.91 bits per heavy atom. The molecule has 1 fully saturated rings. The third kappa shape index (κ3) is 6.70. The number of thioether (sulfide) groups is 1. The van der Waals surface area contributed by atoms with E-state index in [0.29, 0.717) is 6.04 Å². The molecule has 1 aliphatic heterocycles. The summed E-state index contributed by atoms with van der Waals surface area (Å²) in [4.78, 5) is 7.05. The first kappa shape index (κ1) is 20.9. The number of nitrogens with zero attached hydrogens (tertiary/aromatic N) is 2. The molecule has 0 spiro atoms. The highest BCUT2D eigenvalue weighted by molar-refractivity contribution is 14.0. The maximum absolute atomic E-state index is 4.63. The van der Waals surface area contributed by atoms with Gasteiger partial charge in [0.15, 0.2) is 5.96 Å². The van der Waals surface area contributed by atoms with Crippen molar-refractivity contribution in [3.8, 4) is 0 Å². The van der Waals surface area contributed by atoms with E-state index in [1.165, 1.54) is 5.69 Å². The minimum atomic E-state index is 0. The number of nitrogens with one attached hydrogen (secondary N) is 2. The average molecular weight is 513 g/mol. The second-order valence-electron chi connectivity index (χ2n) is 5.28. The van der Waals surface area contributed by atoms with Crippen molar-refractivity contribution < 1.29 is 0 Å². The van der Waals surface area contributed by atoms with Crippen molar-refractivity contribution in [1.29, 1.82) is 0 Å². The minimum absolute atomic E-state index is 0. The Balaban J connectivity index is 0.00000264. The molecule has 1 aliphatic rings. The molecule has 130 valence electrons. The summed E-state index contributed by atoms with van der Waals surface area (Å²) in [5.74, 6) is 2.00. The number of rotatable bonds is 6. The van der Waals surface area contributed by atoms with Gasteiger partial charge in [-0.25, -0.2) is 0 Å². The van der Waals surface area contributed by atoms with E-state index >= 15 is 0 Å². The van der Waals surface area contributed by atoms with Crippen molar-refractivity contribution >= 4 is 63.3 Å². The largest absolute Gasteiger partial charge is 0.368 e. The normalized spacial score (nSPS) is 17.8. The Kier molecular flexibility index (Phi) is 10.4. The molecule has 0 bridgehead atoms. The summed E-state index contributed by atoms with van der Waals surface area (Å²) < 4.78 is 1.16. The van der Waals surface area contributed by atoms with Crippen LogP contribution in [0.25, 0.3) is 0 Å². The van der Waals surface area contributed by atoms with Gasteiger partial charge in [-0.2, -0.15) is 11.8 Å². The smallest absolute Gasteiger partial charge is 0.191 e. The third-order valence-electron chi connectivity index (χ3n) is 3.63. The fourth-order valence-corrected chi connectivity index (χ4v) is 3.38. The highest BCUT2D eigenvalue weighted by atomic mass is 127. The molecule has 1 unspecified atom stereocenters. The van der Waals surface area contributed by atoms with E-state index in [9.17, 15) is 0 Å². The Labute approximate surface area is 169 Å². The molecule has 0 amide bonds. The van der Waals surface area contributed by atoms with Crippen LogP contribution in [0.2, 0.25) is 0 Å². The van der Waals surface area contributed by atoms with Gasteiger partial charge >= 0.3 is 0 Å². The van der Waals surface area contributed by atoms with Gasteiger partial charge in [-0.05, 0) is 47.7 Å². The van der Waals surface area contributed by atoms with Crippen LogP contribution in [0, 0.1) is 0 Å². The topological polar surface area (TPSA) is 39.7 Å². The van der Waals surface area contributed by atoms with Crippen LogP contribution in [0.4, 0.5) is 5.69 Å². The van der Waals surface area contributed by atoms with Crippen molar-refractivity contribution in [3.05, 3.63) is 28.7 Å². The van der Waals surface area contributed by atoms with E-state index in [1.807, 2.05) is 11.8 Å². The van der Waals surface area contributed by atoms with Crippen LogP contribution in [0.3, 0.4) is 0 Å². The average Bonchev–Trinajstić information content (AvgIpc) is 2.96. The number of anilines is 1. The summed E-state index contributed by atoms with van der Waals surface area (Å²) in [7, 11) is 0. The molecule has 0 aliphatic carbocycles. The van der Waals surface area contributed by atoms with E-state index in [0.717, 1.165) is 48.8 Å². The second kappa shape index (κ2) is 11.4. The highest BCUT2D eigenvalue weighted by Crippen LogP contribution is 2.28. The summed E-state index contributed by atoms with van der Waals surface area (Å²) in [6, 6.07) is 8.86. The number of guanidine groups is 1. The lowest BCUT2D eigenvalue weighted by Crippen LogP contribution is -2.44. The van der Waals surface area contributed by atoms with Crippen LogP contribution in [0.15, 0.2) is 33.7 Å². The molecule has 1 aromatic carbocycles. The van der Waals surface area contributed by atoms with Crippen molar-refractivity contribution in [2.45, 2.75) is 19.4 Å². The molecule has 0 aromatic heterocycles. The van der Waals surface area contributed by atoms with Gasteiger partial charge in [0.25, 0.3) is 0 Å². The van der Waals surface area contributed by atoms with Crippen LogP contribution in [0.5, 0.6) is 0 Å². The highest BCUT2D eigenvalue weighted by Gasteiger charge is 2.24. The first-order chi connectivity index (χ1) is 10.7. The lowest BCUT2D eigenvalue weighted by molar-refractivity contribution is 0.650. The van der Waals surface area contributed by atoms with E-state index in [1.54, 1.807) is 0 Å². The third-order valence-corrected chi connectivity index (χ3v) is 4.89. The van der Waals surface area contributed by atoms with Gasteiger partial charge in [-0.15, -0.1) is 24.0 Å². The molecule has 4 nitrogen and oxygen atoms in total. The first-order valence-electron chi connectivity index (χ1n) is 7.77. The molecule has 1 saturated heterocycles. The van der Waals surface area contributed by atoms with E-state index in [4.69, 9.17) is 0 Å². The quantitative estimate of drug-likeness (QED) is 0.264. The van der Waals surface area contributed by atoms with Gasteiger partial charge in [-0.3, -0.25) is 4.99 Å². The molecule has 1 aromatic rings. The lowest BCUT2D eigenvalue weighted by Gasteiger charge is -2.21. The van der Waals surface area contributed by atoms with Crippen molar-refractivity contribution in [2.24, 2.45) is 4.99 Å². The summed E-state index contributed by atoms with van der Waals surface area (Å²) in [6.07, 6.45) is 3.25. The molecule has 2 rings (SSSR count). The fourth-order valence-electron chi connectivity index (χ4n) is 2.57. The number of halogens is 2. The van der Waals surface area contributed by atoms with Crippen molar-refractivity contribution in [2.75, 3.05) is 43.1 Å². The zero-order valence-corrected chi connectivity index (χ0v) is 18.5. The zero-order chi connectivity index (χ0) is 15.8. The zero-order valence-electron chi connectivity index (χ0n) is 13.7. The summed E-state index contributed by atoms with van der Waals surface area (Å²) in [5.41, 5.74) is 1.27. The number of benzene rings is 1. The Bertz CT molecular complexity index is 501. The van der Waals surface area contributed by atoms with Gasteiger partial charge in [0.05, 0.1) is 12.2 Å².